The van der Waals surface area contributed by atoms with Crippen molar-refractivity contribution in [2.24, 2.45) is 0 Å². The van der Waals surface area contributed by atoms with Gasteiger partial charge in [-0.3, -0.25) is 0 Å². The molecule has 0 unspecified atom stereocenters. The SMILES string of the molecule is COc1cc(-c2ccc3ccc4c(C)ccc5ccc2c3c54)c2ccc3c(OC)cc(-c4ccc5ccc6c(C)ccc7ccc4c5c76)c4ccc1c2c34.COc1ccc2ccc3c(-c4ccc5ccc6c(-c7ccc8ccc9c(OC)ccc%10ccc7c8c%109)ccc7ccc4c5c76)ccc4ccc1c2c43. The molecule has 24 aromatic carbocycles. The van der Waals surface area contributed by atoms with Crippen molar-refractivity contribution in [3.05, 3.63) is 290 Å². The van der Waals surface area contributed by atoms with E-state index in [4.69, 9.17) is 18.9 Å². The number of ether oxygens (including phenoxy) is 4. The summed E-state index contributed by atoms with van der Waals surface area (Å²) in [5.74, 6) is 3.57. The smallest absolute Gasteiger partial charge is 0.127 e. The zero-order valence-corrected chi connectivity index (χ0v) is 59.2. The first kappa shape index (κ1) is 59.3. The van der Waals surface area contributed by atoms with Crippen LogP contribution < -0.4 is 18.9 Å². The molecule has 0 aliphatic carbocycles. The van der Waals surface area contributed by atoms with E-state index in [2.05, 4.69) is 293 Å². The van der Waals surface area contributed by atoms with Gasteiger partial charge in [0.05, 0.1) is 28.4 Å². The second-order valence-corrected chi connectivity index (χ2v) is 29.4. The number of rotatable bonds is 8. The van der Waals surface area contributed by atoms with Crippen LogP contribution in [0.15, 0.2) is 279 Å². The normalized spacial score (nSPS) is 12.4. The van der Waals surface area contributed by atoms with Crippen LogP contribution in [-0.2, 0) is 0 Å². The Morgan fingerprint density at radius 3 is 0.585 bits per heavy atom. The van der Waals surface area contributed by atoms with Gasteiger partial charge in [-0.25, -0.2) is 0 Å². The fourth-order valence-electron chi connectivity index (χ4n) is 19.7. The quantitative estimate of drug-likeness (QED) is 0.142. The van der Waals surface area contributed by atoms with Crippen LogP contribution in [0, 0.1) is 13.8 Å². The molecule has 106 heavy (non-hydrogen) atoms. The van der Waals surface area contributed by atoms with Gasteiger partial charge in [-0.05, 0) is 269 Å². The lowest BCUT2D eigenvalue weighted by molar-refractivity contribution is 0.419. The van der Waals surface area contributed by atoms with Crippen molar-refractivity contribution in [2.45, 2.75) is 13.8 Å². The molecule has 0 bridgehead atoms. The number of aryl methyl sites for hydroxylation is 2. The van der Waals surface area contributed by atoms with Crippen LogP contribution >= 0.6 is 0 Å². The lowest BCUT2D eigenvalue weighted by Gasteiger charge is -2.22. The average Bonchev–Trinajstić information content (AvgIpc) is 0.721. The van der Waals surface area contributed by atoms with Gasteiger partial charge in [0.15, 0.2) is 0 Å². The van der Waals surface area contributed by atoms with Crippen LogP contribution in [0.5, 0.6) is 23.0 Å². The first-order valence-corrected chi connectivity index (χ1v) is 36.6. The molecular weight excluding hydrogens is 1290 g/mol. The highest BCUT2D eigenvalue weighted by atomic mass is 16.5. The van der Waals surface area contributed by atoms with Gasteiger partial charge in [0, 0.05) is 43.1 Å². The molecule has 0 N–H and O–H groups in total. The van der Waals surface area contributed by atoms with Crippen molar-refractivity contribution in [3.63, 3.8) is 0 Å². The summed E-state index contributed by atoms with van der Waals surface area (Å²) < 4.78 is 24.1. The number of hydrogen-bond donors (Lipinski definition) is 0. The Balaban J connectivity index is 0.000000129. The van der Waals surface area contributed by atoms with E-state index >= 15 is 0 Å². The summed E-state index contributed by atoms with van der Waals surface area (Å²) in [6, 6.07) is 104. The van der Waals surface area contributed by atoms with E-state index in [0.29, 0.717) is 0 Å². The molecule has 0 fully saturated rings. The summed E-state index contributed by atoms with van der Waals surface area (Å²) in [6.07, 6.45) is 0. The van der Waals surface area contributed by atoms with Gasteiger partial charge in [-0.15, -0.1) is 0 Å². The average molecular weight is 1350 g/mol. The molecule has 0 aromatic heterocycles. The molecule has 24 rings (SSSR count). The third kappa shape index (κ3) is 7.86. The van der Waals surface area contributed by atoms with Gasteiger partial charge in [-0.1, -0.05) is 231 Å². The molecule has 24 aromatic rings. The Morgan fingerprint density at radius 1 is 0.142 bits per heavy atom. The first-order valence-electron chi connectivity index (χ1n) is 36.6. The van der Waals surface area contributed by atoms with Gasteiger partial charge in [-0.2, -0.15) is 0 Å². The molecule has 0 saturated heterocycles. The second-order valence-electron chi connectivity index (χ2n) is 29.4. The van der Waals surface area contributed by atoms with Crippen LogP contribution in [0.25, 0.3) is 238 Å². The van der Waals surface area contributed by atoms with E-state index in [-0.39, 0.29) is 0 Å². The van der Waals surface area contributed by atoms with Crippen molar-refractivity contribution in [3.8, 4) is 67.5 Å². The summed E-state index contributed by atoms with van der Waals surface area (Å²) in [7, 11) is 7.10. The van der Waals surface area contributed by atoms with Gasteiger partial charge in [0.2, 0.25) is 0 Å². The van der Waals surface area contributed by atoms with Crippen molar-refractivity contribution in [1.82, 2.24) is 0 Å². The highest BCUT2D eigenvalue weighted by Crippen LogP contribution is 2.54. The maximum absolute atomic E-state index is 6.25. The summed E-state index contributed by atoms with van der Waals surface area (Å²) in [5, 5.41) is 45.3. The van der Waals surface area contributed by atoms with Crippen LogP contribution in [0.4, 0.5) is 0 Å². The van der Waals surface area contributed by atoms with Crippen molar-refractivity contribution in [1.29, 1.82) is 0 Å². The summed E-state index contributed by atoms with van der Waals surface area (Å²) in [4.78, 5) is 0. The zero-order chi connectivity index (χ0) is 70.2. The van der Waals surface area contributed by atoms with E-state index in [0.717, 1.165) is 44.5 Å². The van der Waals surface area contributed by atoms with Gasteiger partial charge < -0.3 is 18.9 Å². The Hall–Kier alpha value is -13.3. The monoisotopic (exact) mass is 1350 g/mol. The Labute approximate surface area is 609 Å². The summed E-state index contributed by atoms with van der Waals surface area (Å²) >= 11 is 0. The standard InChI is InChI=1S/C52H34O2.C50H30O2/c1-27-5-7-29-13-19-37-35(17-11-31-9-15-33(27)47(29)49(31)37)43-25-45(53-3)41-24-22-40-44(26-46(54-4)42-23-21-39(43)51(41)52(40)42)36-18-12-32-10-16-34-28(2)6-8-30-14-20-38(36)50(32)48(30)34;1-51-43-25-13-31-9-21-39-35(17-5-29-11-23-41(43)49(31)47(29)39)33-15-3-27-8-20-38-34(16-4-28-7-19-37(33)45(27)46(28)38)36-18-6-30-12-24-42-44(52-2)26-14-32-10-22-40(36)48(30)50(32)42/h5-26H,1-4H3;3-26H,1-2H3. The molecule has 4 heteroatoms. The Bertz CT molecular complexity index is 7430. The fraction of sp³-hybridized carbons (Fsp3) is 0.0588. The lowest BCUT2D eigenvalue weighted by Crippen LogP contribution is -1.96. The van der Waals surface area contributed by atoms with Crippen molar-refractivity contribution < 1.29 is 18.9 Å². The molecule has 0 aliphatic heterocycles. The van der Waals surface area contributed by atoms with Crippen LogP contribution in [-0.4, -0.2) is 28.4 Å². The van der Waals surface area contributed by atoms with E-state index in [1.165, 1.54) is 228 Å². The van der Waals surface area contributed by atoms with E-state index < -0.39 is 0 Å². The summed E-state index contributed by atoms with van der Waals surface area (Å²) in [6.45, 7) is 4.43. The molecule has 0 heterocycles. The third-order valence-electron chi connectivity index (χ3n) is 24.5. The topological polar surface area (TPSA) is 36.9 Å². The molecule has 0 amide bonds. The molecule has 0 aliphatic rings. The number of methoxy groups -OCH3 is 4. The summed E-state index contributed by atoms with van der Waals surface area (Å²) in [5.41, 5.74) is 12.4. The number of benzene rings is 24. The molecule has 0 saturated carbocycles. The Kier molecular flexibility index (Phi) is 12.1. The predicted octanol–water partition coefficient (Wildman–Crippen LogP) is 28.1. The van der Waals surface area contributed by atoms with Crippen molar-refractivity contribution in [2.75, 3.05) is 28.4 Å². The van der Waals surface area contributed by atoms with Gasteiger partial charge in [0.1, 0.15) is 23.0 Å². The van der Waals surface area contributed by atoms with E-state index in [1.807, 2.05) is 0 Å². The zero-order valence-electron chi connectivity index (χ0n) is 59.2. The molecule has 496 valence electrons. The second kappa shape index (κ2) is 21.7. The Morgan fingerprint density at radius 2 is 0.311 bits per heavy atom. The molecule has 0 radical (unpaired) electrons. The highest BCUT2D eigenvalue weighted by molar-refractivity contribution is 6.36. The van der Waals surface area contributed by atoms with Crippen LogP contribution in [0.1, 0.15) is 11.1 Å². The molecule has 0 spiro atoms. The molecule has 4 nitrogen and oxygen atoms in total. The van der Waals surface area contributed by atoms with Gasteiger partial charge >= 0.3 is 0 Å². The molecule has 0 atom stereocenters. The highest BCUT2D eigenvalue weighted by Gasteiger charge is 2.26. The molecular formula is C102H64O4. The van der Waals surface area contributed by atoms with Crippen LogP contribution in [0.3, 0.4) is 0 Å². The number of hydrogen-bond acceptors (Lipinski definition) is 4. The maximum Gasteiger partial charge on any atom is 0.127 e. The minimum Gasteiger partial charge on any atom is -0.496 e. The van der Waals surface area contributed by atoms with Crippen LogP contribution in [0.2, 0.25) is 0 Å². The van der Waals surface area contributed by atoms with Gasteiger partial charge in [0.25, 0.3) is 0 Å². The van der Waals surface area contributed by atoms with E-state index in [1.54, 1.807) is 28.4 Å². The van der Waals surface area contributed by atoms with E-state index in [9.17, 15) is 0 Å². The largest absolute Gasteiger partial charge is 0.496 e. The lowest BCUT2D eigenvalue weighted by atomic mass is 9.83. The first-order chi connectivity index (χ1) is 52.2. The maximum atomic E-state index is 6.25. The third-order valence-corrected chi connectivity index (χ3v) is 24.5. The van der Waals surface area contributed by atoms with Crippen molar-refractivity contribution >= 4 is 194 Å². The fourth-order valence-corrected chi connectivity index (χ4v) is 19.7. The predicted molar refractivity (Wildman–Crippen MR) is 453 cm³/mol. The minimum absolute atomic E-state index is 0.871. The minimum atomic E-state index is 0.871.